The quantitative estimate of drug-likeness (QED) is 0.622. The lowest BCUT2D eigenvalue weighted by molar-refractivity contribution is 0.0527. The van der Waals surface area contributed by atoms with Crippen molar-refractivity contribution in [1.29, 1.82) is 0 Å². The van der Waals surface area contributed by atoms with E-state index in [-0.39, 0.29) is 29.6 Å². The summed E-state index contributed by atoms with van der Waals surface area (Å²) in [5.74, 6) is -0.183. The number of halogens is 1. The smallest absolute Gasteiger partial charge is 0.340 e. The fraction of sp³-hybridized carbons (Fsp3) is 0.462. The number of nitrogens with two attached hydrogens (primary N) is 1. The fourth-order valence-electron chi connectivity index (χ4n) is 1.64. The van der Waals surface area contributed by atoms with Gasteiger partial charge in [-0.05, 0) is 32.2 Å². The van der Waals surface area contributed by atoms with Crippen LogP contribution in [0.15, 0.2) is 12.1 Å². The van der Waals surface area contributed by atoms with Crippen molar-refractivity contribution in [3.8, 4) is 0 Å². The van der Waals surface area contributed by atoms with Gasteiger partial charge in [-0.3, -0.25) is 0 Å². The molecule has 1 aromatic carbocycles. The highest BCUT2D eigenvalue weighted by molar-refractivity contribution is 7.98. The Labute approximate surface area is 116 Å². The largest absolute Gasteiger partial charge is 0.462 e. The summed E-state index contributed by atoms with van der Waals surface area (Å²) < 4.78 is 18.7. The summed E-state index contributed by atoms with van der Waals surface area (Å²) in [4.78, 5) is 11.7. The molecule has 0 bridgehead atoms. The van der Waals surface area contributed by atoms with Crippen LogP contribution in [0.1, 0.15) is 24.2 Å². The second-order valence-corrected chi connectivity index (χ2v) is 5.05. The number of ether oxygens (including phenoxy) is 1. The topological polar surface area (TPSA) is 64.3 Å². The van der Waals surface area contributed by atoms with Gasteiger partial charge in [-0.2, -0.15) is 11.8 Å². The predicted molar refractivity (Wildman–Crippen MR) is 78.2 cm³/mol. The number of hydrogen-bond donors (Lipinski definition) is 2. The Bertz CT molecular complexity index is 455. The fourth-order valence-corrected chi connectivity index (χ4v) is 2.23. The minimum atomic E-state index is -0.541. The first-order valence-corrected chi connectivity index (χ1v) is 7.40. The number of benzene rings is 1. The summed E-state index contributed by atoms with van der Waals surface area (Å²) in [7, 11) is 0. The van der Waals surface area contributed by atoms with Crippen LogP contribution in [0.3, 0.4) is 0 Å². The molecule has 1 aromatic rings. The maximum absolute atomic E-state index is 13.8. The molecule has 3 N–H and O–H groups in total. The van der Waals surface area contributed by atoms with Crippen LogP contribution in [0.2, 0.25) is 0 Å². The summed E-state index contributed by atoms with van der Waals surface area (Å²) in [5, 5.41) is 3.02. The Morgan fingerprint density at radius 1 is 1.58 bits per heavy atom. The van der Waals surface area contributed by atoms with E-state index in [0.29, 0.717) is 0 Å². The third-order valence-electron chi connectivity index (χ3n) is 2.45. The van der Waals surface area contributed by atoms with E-state index >= 15 is 0 Å². The van der Waals surface area contributed by atoms with E-state index in [1.165, 1.54) is 6.07 Å². The predicted octanol–water partition coefficient (Wildman–Crippen LogP) is 2.75. The van der Waals surface area contributed by atoms with Gasteiger partial charge in [-0.15, -0.1) is 0 Å². The van der Waals surface area contributed by atoms with Gasteiger partial charge >= 0.3 is 5.97 Å². The zero-order chi connectivity index (χ0) is 14.4. The first-order valence-electron chi connectivity index (χ1n) is 6.01. The number of hydrogen-bond acceptors (Lipinski definition) is 5. The van der Waals surface area contributed by atoms with Crippen molar-refractivity contribution in [3.63, 3.8) is 0 Å². The maximum atomic E-state index is 13.8. The van der Waals surface area contributed by atoms with Crippen molar-refractivity contribution in [3.05, 3.63) is 23.5 Å². The van der Waals surface area contributed by atoms with Crippen LogP contribution in [0.25, 0.3) is 0 Å². The molecular weight excluding hydrogens is 267 g/mol. The van der Waals surface area contributed by atoms with Crippen molar-refractivity contribution >= 4 is 29.1 Å². The van der Waals surface area contributed by atoms with Gasteiger partial charge in [-0.25, -0.2) is 9.18 Å². The molecule has 106 valence electrons. The van der Waals surface area contributed by atoms with Crippen LogP contribution in [-0.4, -0.2) is 30.6 Å². The number of rotatable bonds is 6. The summed E-state index contributed by atoms with van der Waals surface area (Å²) in [6.07, 6.45) is 1.97. The Balaban J connectivity index is 2.99. The van der Waals surface area contributed by atoms with Crippen LogP contribution in [0.5, 0.6) is 0 Å². The molecule has 0 saturated carbocycles. The van der Waals surface area contributed by atoms with E-state index in [1.807, 2.05) is 13.2 Å². The number of carbonyl (C=O) groups is 1. The third kappa shape index (κ3) is 4.31. The van der Waals surface area contributed by atoms with E-state index in [2.05, 4.69) is 5.32 Å². The molecule has 0 spiro atoms. The van der Waals surface area contributed by atoms with Gasteiger partial charge in [0.2, 0.25) is 0 Å². The van der Waals surface area contributed by atoms with Crippen LogP contribution in [-0.2, 0) is 4.74 Å². The van der Waals surface area contributed by atoms with E-state index in [0.717, 1.165) is 11.8 Å². The number of anilines is 2. The highest BCUT2D eigenvalue weighted by Crippen LogP contribution is 2.24. The van der Waals surface area contributed by atoms with Gasteiger partial charge in [0.1, 0.15) is 5.82 Å². The third-order valence-corrected chi connectivity index (χ3v) is 3.29. The van der Waals surface area contributed by atoms with Crippen molar-refractivity contribution in [1.82, 2.24) is 0 Å². The molecule has 0 saturated heterocycles. The zero-order valence-electron chi connectivity index (χ0n) is 11.3. The highest BCUT2D eigenvalue weighted by Gasteiger charge is 2.16. The van der Waals surface area contributed by atoms with Gasteiger partial charge in [0.25, 0.3) is 0 Å². The van der Waals surface area contributed by atoms with Crippen LogP contribution in [0, 0.1) is 5.82 Å². The number of nitrogens with one attached hydrogen (secondary N) is 1. The van der Waals surface area contributed by atoms with Gasteiger partial charge < -0.3 is 15.8 Å². The highest BCUT2D eigenvalue weighted by atomic mass is 32.2. The van der Waals surface area contributed by atoms with Crippen LogP contribution in [0.4, 0.5) is 15.8 Å². The monoisotopic (exact) mass is 286 g/mol. The van der Waals surface area contributed by atoms with Crippen molar-refractivity contribution in [2.24, 2.45) is 0 Å². The van der Waals surface area contributed by atoms with Crippen LogP contribution >= 0.6 is 11.8 Å². The number of carbonyl (C=O) groups excluding carboxylic acids is 1. The van der Waals surface area contributed by atoms with Crippen molar-refractivity contribution in [2.75, 3.05) is 29.7 Å². The second-order valence-electron chi connectivity index (χ2n) is 4.14. The average Bonchev–Trinajstić information content (AvgIpc) is 2.33. The lowest BCUT2D eigenvalue weighted by atomic mass is 10.1. The summed E-state index contributed by atoms with van der Waals surface area (Å²) in [6.45, 7) is 3.90. The van der Waals surface area contributed by atoms with E-state index in [9.17, 15) is 9.18 Å². The summed E-state index contributed by atoms with van der Waals surface area (Å²) in [6, 6.07) is 2.63. The molecule has 0 heterocycles. The number of thioether (sulfide) groups is 1. The summed E-state index contributed by atoms with van der Waals surface area (Å²) in [5.41, 5.74) is 6.17. The molecule has 6 heteroatoms. The molecule has 19 heavy (non-hydrogen) atoms. The molecule has 4 nitrogen and oxygen atoms in total. The van der Waals surface area contributed by atoms with E-state index < -0.39 is 11.8 Å². The molecular formula is C13H19FN2O2S. The molecule has 0 fully saturated rings. The molecule has 1 atom stereocenters. The molecule has 0 aliphatic rings. The van der Waals surface area contributed by atoms with E-state index in [1.54, 1.807) is 18.7 Å². The number of nitrogen functional groups attached to an aromatic ring is 1. The van der Waals surface area contributed by atoms with Crippen molar-refractivity contribution < 1.29 is 13.9 Å². The Kier molecular flexibility index (Phi) is 5.95. The first-order chi connectivity index (χ1) is 8.99. The molecule has 1 unspecified atom stereocenters. The van der Waals surface area contributed by atoms with Crippen LogP contribution < -0.4 is 11.1 Å². The van der Waals surface area contributed by atoms with Crippen molar-refractivity contribution in [2.45, 2.75) is 19.9 Å². The SMILES string of the molecule is CCOC(=O)c1cc(NC(C)CSC)c(F)cc1N. The second kappa shape index (κ2) is 7.23. The Morgan fingerprint density at radius 3 is 2.84 bits per heavy atom. The lowest BCUT2D eigenvalue weighted by Gasteiger charge is -2.16. The minimum absolute atomic E-state index is 0.0824. The van der Waals surface area contributed by atoms with Gasteiger partial charge in [0.05, 0.1) is 17.9 Å². The molecule has 0 aliphatic heterocycles. The minimum Gasteiger partial charge on any atom is -0.462 e. The van der Waals surface area contributed by atoms with Gasteiger partial charge in [0, 0.05) is 17.5 Å². The van der Waals surface area contributed by atoms with E-state index in [4.69, 9.17) is 10.5 Å². The molecule has 1 rings (SSSR count). The van der Waals surface area contributed by atoms with Gasteiger partial charge in [-0.1, -0.05) is 0 Å². The molecule has 0 aliphatic carbocycles. The standard InChI is InChI=1S/C13H19FN2O2S/c1-4-18-13(17)9-5-12(10(14)6-11(9)15)16-8(2)7-19-3/h5-6,8,16H,4,7,15H2,1-3H3. The molecule has 0 radical (unpaired) electrons. The Hall–Kier alpha value is -1.43. The Morgan fingerprint density at radius 2 is 2.26 bits per heavy atom. The first kappa shape index (κ1) is 15.6. The normalized spacial score (nSPS) is 12.0. The number of esters is 1. The van der Waals surface area contributed by atoms with Gasteiger partial charge in [0.15, 0.2) is 0 Å². The average molecular weight is 286 g/mol. The lowest BCUT2D eigenvalue weighted by Crippen LogP contribution is -2.19. The zero-order valence-corrected chi connectivity index (χ0v) is 12.1. The molecule has 0 amide bonds. The summed E-state index contributed by atoms with van der Waals surface area (Å²) >= 11 is 1.66. The maximum Gasteiger partial charge on any atom is 0.340 e. The molecule has 0 aromatic heterocycles.